The van der Waals surface area contributed by atoms with E-state index in [0.29, 0.717) is 27.8 Å². The molecule has 6 aromatic rings. The fourth-order valence-electron chi connectivity index (χ4n) is 13.1. The molecule has 0 aliphatic carbocycles. The van der Waals surface area contributed by atoms with E-state index in [0.717, 1.165) is 0 Å². The van der Waals surface area contributed by atoms with Crippen molar-refractivity contribution in [1.29, 1.82) is 0 Å². The van der Waals surface area contributed by atoms with Crippen LogP contribution in [0, 0.1) is 17.8 Å². The topological polar surface area (TPSA) is 675 Å². The Bertz CT molecular complexity index is 4810. The van der Waals surface area contributed by atoms with Gasteiger partial charge in [-0.2, -0.15) is 0 Å². The highest BCUT2D eigenvalue weighted by atomic mass is 16.4. The molecule has 41 heteroatoms. The third-order valence-electron chi connectivity index (χ3n) is 20.1. The highest BCUT2D eigenvalue weighted by molar-refractivity contribution is 6.01. The van der Waals surface area contributed by atoms with E-state index < -0.39 is 236 Å². The predicted octanol–water partition coefficient (Wildman–Crippen LogP) is -1.89. The van der Waals surface area contributed by atoms with Gasteiger partial charge in [0.05, 0.1) is 25.3 Å². The number of H-pyrrole nitrogens is 1. The van der Waals surface area contributed by atoms with Gasteiger partial charge in [-0.05, 0) is 127 Å². The predicted molar refractivity (Wildman–Crippen MR) is 460 cm³/mol. The third-order valence-corrected chi connectivity index (χ3v) is 20.1. The minimum Gasteiger partial charge on any atom is -0.508 e. The summed E-state index contributed by atoms with van der Waals surface area (Å²) in [6, 6.07) is 9.10. The largest absolute Gasteiger partial charge is 0.508 e. The van der Waals surface area contributed by atoms with Crippen molar-refractivity contribution in [3.8, 4) is 23.0 Å². The van der Waals surface area contributed by atoms with Crippen LogP contribution < -0.4 is 86.3 Å². The van der Waals surface area contributed by atoms with E-state index >= 15 is 9.59 Å². The number of carbonyl (C=O) groups is 17. The SMILES string of the molecule is CC(C)C[C@H](NC(=O)[C@H](Cc1ccc(O)cc1)NC(=O)[C@H](CC(N)=O)NC(=O)[C@H](Cc1ccc(O)cc1)NC(=O)[C@H](CCC(N)=O)NC(=O)CNC(=O)[C@@H](N)C(C)C)C(=O)N[C@@H](Cc1cnc[nH]1)C(=O)N[C@@H](C)C(=O)N[C@@H](Cc1ccccc1)C(=O)N[C@@H](Cc1ccc(O)cc1)C(=O)N[C@@H](CC(C)C)C(=O)N[C@@H](CCC(=O)O)C(=O)N[C@@H](Cc1ccc(O)cc1)C(=O)O. The highest BCUT2D eigenvalue weighted by Gasteiger charge is 2.39. The van der Waals surface area contributed by atoms with Crippen molar-refractivity contribution >= 4 is 101 Å². The number of aromatic amines is 1. The Hall–Kier alpha value is -14.5. The monoisotopic (exact) mass is 1780 g/mol. The molecule has 690 valence electrons. The van der Waals surface area contributed by atoms with Crippen LogP contribution in [-0.2, 0) is 120 Å². The third kappa shape index (κ3) is 35.6. The molecule has 0 aliphatic heterocycles. The maximum atomic E-state index is 15.0. The summed E-state index contributed by atoms with van der Waals surface area (Å²) < 4.78 is 0. The molecule has 0 aliphatic rings. The van der Waals surface area contributed by atoms with Crippen molar-refractivity contribution in [3.63, 3.8) is 0 Å². The first-order valence-electron chi connectivity index (χ1n) is 41.3. The number of amides is 15. The normalized spacial score (nSPS) is 14.2. The van der Waals surface area contributed by atoms with Crippen molar-refractivity contribution in [2.75, 3.05) is 6.54 Å². The Morgan fingerprint density at radius 3 is 1.04 bits per heavy atom. The van der Waals surface area contributed by atoms with Gasteiger partial charge in [-0.1, -0.05) is 120 Å². The van der Waals surface area contributed by atoms with Crippen LogP contribution in [0.3, 0.4) is 0 Å². The number of aliphatic carboxylic acids is 2. The molecule has 41 nitrogen and oxygen atoms in total. The van der Waals surface area contributed by atoms with Gasteiger partial charge in [-0.15, -0.1) is 0 Å². The minimum absolute atomic E-state index is 0.113. The zero-order chi connectivity index (χ0) is 94.6. The summed E-state index contributed by atoms with van der Waals surface area (Å²) in [4.78, 5) is 243. The average Bonchev–Trinajstić information content (AvgIpc) is 1.05. The number of nitrogens with zero attached hydrogens (tertiary/aromatic N) is 1. The molecule has 0 saturated heterocycles. The molecule has 0 radical (unpaired) electrons. The number of hydrogen-bond acceptors (Lipinski definition) is 23. The summed E-state index contributed by atoms with van der Waals surface area (Å²) in [6.07, 6.45) is -2.77. The summed E-state index contributed by atoms with van der Waals surface area (Å²) in [7, 11) is 0. The number of nitrogens with two attached hydrogens (primary N) is 3. The molecule has 0 saturated carbocycles. The van der Waals surface area contributed by atoms with Crippen LogP contribution in [0.15, 0.2) is 140 Å². The van der Waals surface area contributed by atoms with Crippen molar-refractivity contribution in [1.82, 2.24) is 79.1 Å². The molecule has 0 fully saturated rings. The van der Waals surface area contributed by atoms with Crippen molar-refractivity contribution < 1.29 is 112 Å². The van der Waals surface area contributed by atoms with Crippen LogP contribution in [0.1, 0.15) is 127 Å². The smallest absolute Gasteiger partial charge is 0.326 e. The Morgan fingerprint density at radius 1 is 0.352 bits per heavy atom. The molecule has 13 atom stereocenters. The van der Waals surface area contributed by atoms with Gasteiger partial charge in [0, 0.05) is 63.3 Å². The van der Waals surface area contributed by atoms with Gasteiger partial charge in [-0.3, -0.25) is 76.7 Å². The molecular weight excluding hydrogens is 1670 g/mol. The molecule has 1 heterocycles. The van der Waals surface area contributed by atoms with Crippen LogP contribution in [0.4, 0.5) is 0 Å². The first-order chi connectivity index (χ1) is 60.5. The zero-order valence-corrected chi connectivity index (χ0v) is 71.7. The summed E-state index contributed by atoms with van der Waals surface area (Å²) in [5, 5.41) is 92.9. The molecule has 0 spiro atoms. The van der Waals surface area contributed by atoms with Gasteiger partial charge >= 0.3 is 11.9 Å². The standard InChI is InChI=1S/C87H114N18O23/c1-45(2)33-61(79(119)96-60(30-32-73(113)114)77(117)105-69(87(127)128)39-53-19-27-58(109)28-20-53)98-82(122)65(37-51-15-23-56(107)24-16-51)101-81(121)63(35-49-11-9-8-10-12-49)97-75(115)48(7)94-78(118)67(40-54-42-91-44-93-54)103-80(120)62(34-46(3)4)99-83(123)66(38-52-17-25-57(108)26-18-52)102-85(125)68(41-71(89)111)104-84(124)64(36-50-13-21-55(106)22-14-50)100-76(116)59(29-31-70(88)110)95-72(112)43-92-86(126)74(90)47(5)6/h8-28,42,44-48,59-69,74,106-109H,29-41,43,90H2,1-7H3,(H2,88,110)(H2,89,111)(H,91,93)(H,92,126)(H,94,118)(H,95,112)(H,96,119)(H,97,115)(H,98,122)(H,99,123)(H,100,116)(H,101,121)(H,102,125)(H,103,120)(H,104,124)(H,105,117)(H,113,114)(H,127,128)/t48-,59-,60-,61-,62-,63-,64-,65-,66-,67-,68-,69-,74-/m0/s1. The molecular formula is C87H114N18O23. The molecule has 0 unspecified atom stereocenters. The minimum atomic E-state index is -1.96. The van der Waals surface area contributed by atoms with Crippen LogP contribution in [-0.4, -0.2) is 226 Å². The van der Waals surface area contributed by atoms with Crippen molar-refractivity contribution in [2.24, 2.45) is 35.0 Å². The van der Waals surface area contributed by atoms with E-state index in [1.54, 1.807) is 71.9 Å². The fourth-order valence-corrected chi connectivity index (χ4v) is 13.1. The van der Waals surface area contributed by atoms with E-state index in [9.17, 15) is 103 Å². The van der Waals surface area contributed by atoms with E-state index in [1.807, 2.05) is 0 Å². The maximum absolute atomic E-state index is 15.0. The summed E-state index contributed by atoms with van der Waals surface area (Å²) in [6.45, 7) is 10.7. The first kappa shape index (κ1) is 102. The number of imidazole rings is 1. The number of phenolic OH excluding ortho intramolecular Hbond substituents is 4. The van der Waals surface area contributed by atoms with Gasteiger partial charge in [0.15, 0.2) is 0 Å². The quantitative estimate of drug-likeness (QED) is 0.0198. The van der Waals surface area contributed by atoms with Crippen LogP contribution in [0.5, 0.6) is 23.0 Å². The summed E-state index contributed by atoms with van der Waals surface area (Å²) in [5.74, 6) is -19.9. The number of benzene rings is 5. The van der Waals surface area contributed by atoms with Gasteiger partial charge in [-0.25, -0.2) is 9.78 Å². The number of aromatic hydroxyl groups is 4. The number of phenols is 4. The van der Waals surface area contributed by atoms with Gasteiger partial charge in [0.25, 0.3) is 0 Å². The second-order valence-electron chi connectivity index (χ2n) is 32.1. The maximum Gasteiger partial charge on any atom is 0.326 e. The number of carbonyl (C=O) groups excluding carboxylic acids is 15. The lowest BCUT2D eigenvalue weighted by atomic mass is 9.99. The Morgan fingerprint density at radius 2 is 0.672 bits per heavy atom. The fraction of sp³-hybridized carbons (Fsp3) is 0.425. The number of rotatable bonds is 52. The second-order valence-corrected chi connectivity index (χ2v) is 32.1. The number of carboxylic acids is 2. The lowest BCUT2D eigenvalue weighted by Gasteiger charge is -2.28. The van der Waals surface area contributed by atoms with Gasteiger partial charge < -0.3 is 122 Å². The molecule has 5 aromatic carbocycles. The molecule has 6 rings (SSSR count). The lowest BCUT2D eigenvalue weighted by Crippen LogP contribution is -2.61. The number of carboxylic acid groups (broad SMARTS) is 2. The van der Waals surface area contributed by atoms with E-state index in [1.165, 1.54) is 117 Å². The van der Waals surface area contributed by atoms with Gasteiger partial charge in [0.2, 0.25) is 88.6 Å². The number of aromatic nitrogens is 2. The first-order valence-corrected chi connectivity index (χ1v) is 41.3. The number of primary amides is 2. The van der Waals surface area contributed by atoms with Crippen LogP contribution in [0.25, 0.3) is 0 Å². The molecule has 1 aromatic heterocycles. The van der Waals surface area contributed by atoms with Crippen molar-refractivity contribution in [2.45, 2.75) is 210 Å². The summed E-state index contributed by atoms with van der Waals surface area (Å²) >= 11 is 0. The van der Waals surface area contributed by atoms with E-state index in [4.69, 9.17) is 17.2 Å². The van der Waals surface area contributed by atoms with Crippen molar-refractivity contribution in [3.05, 3.63) is 173 Å². The Balaban J connectivity index is 1.25. The second kappa shape index (κ2) is 50.4. The molecule has 128 heavy (non-hydrogen) atoms. The van der Waals surface area contributed by atoms with Crippen LogP contribution in [0.2, 0.25) is 0 Å². The van der Waals surface area contributed by atoms with Crippen LogP contribution >= 0.6 is 0 Å². The number of hydrogen-bond donors (Lipinski definition) is 23. The lowest BCUT2D eigenvalue weighted by molar-refractivity contribution is -0.143. The Labute approximate surface area is 737 Å². The molecule has 26 N–H and O–H groups in total. The molecule has 15 amide bonds. The molecule has 0 bridgehead atoms. The highest BCUT2D eigenvalue weighted by Crippen LogP contribution is 2.20. The zero-order valence-electron chi connectivity index (χ0n) is 71.7. The van der Waals surface area contributed by atoms with E-state index in [-0.39, 0.29) is 79.1 Å². The summed E-state index contributed by atoms with van der Waals surface area (Å²) in [5.41, 5.74) is 19.1. The average molecular weight is 1780 g/mol. The Kier molecular flexibility index (Phi) is 40.3. The van der Waals surface area contributed by atoms with Gasteiger partial charge in [0.1, 0.15) is 95.5 Å². The number of nitrogens with one attached hydrogen (secondary N) is 14. The van der Waals surface area contributed by atoms with E-state index in [2.05, 4.69) is 79.1 Å².